The van der Waals surface area contributed by atoms with Gasteiger partial charge in [0.15, 0.2) is 11.5 Å². The van der Waals surface area contributed by atoms with E-state index in [1.54, 1.807) is 21.3 Å². The van der Waals surface area contributed by atoms with E-state index in [1.165, 1.54) is 0 Å². The third-order valence-electron chi connectivity index (χ3n) is 5.60. The van der Waals surface area contributed by atoms with E-state index < -0.39 is 5.54 Å². The van der Waals surface area contributed by atoms with Crippen molar-refractivity contribution in [2.45, 2.75) is 24.9 Å². The number of hydrogen-bond donors (Lipinski definition) is 1. The fraction of sp³-hybridized carbons (Fsp3) is 0.650. The van der Waals surface area contributed by atoms with Gasteiger partial charge in [-0.1, -0.05) is 0 Å². The van der Waals surface area contributed by atoms with Crippen molar-refractivity contribution in [3.05, 3.63) is 17.7 Å². The fourth-order valence-corrected chi connectivity index (χ4v) is 3.86. The van der Waals surface area contributed by atoms with E-state index in [1.807, 2.05) is 17.0 Å². The van der Waals surface area contributed by atoms with Gasteiger partial charge in [0.2, 0.25) is 11.7 Å². The zero-order chi connectivity index (χ0) is 20.1. The number of carbonyl (C=O) groups excluding carboxylic acids is 1. The average Bonchev–Trinajstić information content (AvgIpc) is 2.73. The molecule has 0 spiro atoms. The molecule has 2 aliphatic rings. The smallest absolute Gasteiger partial charge is 0.242 e. The normalized spacial score (nSPS) is 19.9. The number of ether oxygens (including phenoxy) is 4. The minimum Gasteiger partial charge on any atom is -0.493 e. The van der Waals surface area contributed by atoms with E-state index in [0.717, 1.165) is 25.2 Å². The van der Waals surface area contributed by atoms with E-state index in [-0.39, 0.29) is 5.91 Å². The molecule has 0 aliphatic carbocycles. The van der Waals surface area contributed by atoms with E-state index in [0.29, 0.717) is 56.4 Å². The maximum absolute atomic E-state index is 12.9. The van der Waals surface area contributed by atoms with Crippen molar-refractivity contribution in [3.8, 4) is 17.2 Å². The number of carbonyl (C=O) groups is 1. The molecule has 8 heteroatoms. The van der Waals surface area contributed by atoms with Crippen molar-refractivity contribution in [1.29, 1.82) is 0 Å². The van der Waals surface area contributed by atoms with Gasteiger partial charge in [-0.25, -0.2) is 0 Å². The summed E-state index contributed by atoms with van der Waals surface area (Å²) in [6.07, 6.45) is 1.19. The Hall–Kier alpha value is -2.03. The predicted octanol–water partition coefficient (Wildman–Crippen LogP) is 0.865. The molecule has 3 rings (SSSR count). The van der Waals surface area contributed by atoms with Crippen LogP contribution in [0.15, 0.2) is 12.1 Å². The van der Waals surface area contributed by atoms with Crippen molar-refractivity contribution in [3.63, 3.8) is 0 Å². The Kier molecular flexibility index (Phi) is 6.64. The number of nitrogens with zero attached hydrogens (tertiary/aromatic N) is 2. The molecule has 2 fully saturated rings. The first-order valence-electron chi connectivity index (χ1n) is 9.68. The highest BCUT2D eigenvalue weighted by atomic mass is 16.5. The van der Waals surface area contributed by atoms with Crippen LogP contribution in [-0.2, 0) is 16.1 Å². The summed E-state index contributed by atoms with van der Waals surface area (Å²) in [5, 5.41) is 0. The zero-order valence-corrected chi connectivity index (χ0v) is 17.0. The van der Waals surface area contributed by atoms with Gasteiger partial charge in [0.05, 0.1) is 26.9 Å². The van der Waals surface area contributed by atoms with Crippen LogP contribution in [0.1, 0.15) is 18.4 Å². The number of amides is 1. The molecule has 1 amide bonds. The van der Waals surface area contributed by atoms with Gasteiger partial charge >= 0.3 is 0 Å². The highest BCUT2D eigenvalue weighted by Crippen LogP contribution is 2.38. The second kappa shape index (κ2) is 8.98. The highest BCUT2D eigenvalue weighted by Gasteiger charge is 2.39. The molecular formula is C20H31N3O5. The van der Waals surface area contributed by atoms with Crippen LogP contribution in [0.3, 0.4) is 0 Å². The summed E-state index contributed by atoms with van der Waals surface area (Å²) < 4.78 is 21.6. The van der Waals surface area contributed by atoms with Crippen LogP contribution in [-0.4, -0.2) is 82.0 Å². The molecule has 156 valence electrons. The summed E-state index contributed by atoms with van der Waals surface area (Å²) in [5.74, 6) is 1.95. The summed E-state index contributed by atoms with van der Waals surface area (Å²) in [6.45, 7) is 4.84. The first-order valence-corrected chi connectivity index (χ1v) is 9.68. The van der Waals surface area contributed by atoms with Gasteiger partial charge < -0.3 is 29.6 Å². The number of nitrogens with two attached hydrogens (primary N) is 1. The molecule has 0 bridgehead atoms. The van der Waals surface area contributed by atoms with Gasteiger partial charge in [-0.05, 0) is 30.5 Å². The van der Waals surface area contributed by atoms with Crippen molar-refractivity contribution in [2.75, 3.05) is 60.7 Å². The maximum atomic E-state index is 12.9. The maximum Gasteiger partial charge on any atom is 0.242 e. The van der Waals surface area contributed by atoms with Crippen LogP contribution < -0.4 is 19.9 Å². The summed E-state index contributed by atoms with van der Waals surface area (Å²) in [6, 6.07) is 3.94. The number of methoxy groups -OCH3 is 3. The van der Waals surface area contributed by atoms with Gasteiger partial charge in [0.1, 0.15) is 0 Å². The lowest BCUT2D eigenvalue weighted by molar-refractivity contribution is -0.142. The topological polar surface area (TPSA) is 86.5 Å². The number of rotatable bonds is 6. The minimum absolute atomic E-state index is 0.0586. The first kappa shape index (κ1) is 20.7. The molecule has 28 heavy (non-hydrogen) atoms. The Morgan fingerprint density at radius 1 is 1.04 bits per heavy atom. The summed E-state index contributed by atoms with van der Waals surface area (Å²) in [5.41, 5.74) is 6.67. The molecule has 0 atom stereocenters. The monoisotopic (exact) mass is 393 g/mol. The van der Waals surface area contributed by atoms with Crippen LogP contribution in [0, 0.1) is 0 Å². The molecule has 0 radical (unpaired) electrons. The van der Waals surface area contributed by atoms with E-state index in [2.05, 4.69) is 4.90 Å². The lowest BCUT2D eigenvalue weighted by Gasteiger charge is -2.41. The third-order valence-corrected chi connectivity index (χ3v) is 5.60. The lowest BCUT2D eigenvalue weighted by Crippen LogP contribution is -2.61. The Balaban J connectivity index is 1.60. The second-order valence-electron chi connectivity index (χ2n) is 7.37. The summed E-state index contributed by atoms with van der Waals surface area (Å²) in [4.78, 5) is 17.1. The Morgan fingerprint density at radius 2 is 1.61 bits per heavy atom. The van der Waals surface area contributed by atoms with E-state index in [4.69, 9.17) is 24.7 Å². The van der Waals surface area contributed by atoms with Crippen molar-refractivity contribution < 1.29 is 23.7 Å². The van der Waals surface area contributed by atoms with Crippen LogP contribution in [0.25, 0.3) is 0 Å². The van der Waals surface area contributed by atoms with Crippen molar-refractivity contribution in [2.24, 2.45) is 5.73 Å². The molecule has 0 saturated carbocycles. The molecule has 1 aromatic carbocycles. The first-order chi connectivity index (χ1) is 13.5. The van der Waals surface area contributed by atoms with Gasteiger partial charge in [-0.15, -0.1) is 0 Å². The number of benzene rings is 1. The minimum atomic E-state index is -0.767. The molecule has 2 heterocycles. The molecule has 2 aliphatic heterocycles. The molecular weight excluding hydrogens is 362 g/mol. The molecule has 2 N–H and O–H groups in total. The largest absolute Gasteiger partial charge is 0.493 e. The molecule has 0 aromatic heterocycles. The van der Waals surface area contributed by atoms with Crippen molar-refractivity contribution in [1.82, 2.24) is 9.80 Å². The van der Waals surface area contributed by atoms with Gasteiger partial charge in [-0.3, -0.25) is 9.69 Å². The van der Waals surface area contributed by atoms with E-state index in [9.17, 15) is 4.79 Å². The standard InChI is InChI=1S/C20H31N3O5/c1-25-16-12-15(13-17(26-2)18(16)27-3)14-22-6-8-23(9-7-22)19(24)20(21)4-10-28-11-5-20/h12-13H,4-11,14,21H2,1-3H3. The quantitative estimate of drug-likeness (QED) is 0.767. The molecule has 0 unspecified atom stereocenters. The Bertz CT molecular complexity index is 657. The molecule has 2 saturated heterocycles. The van der Waals surface area contributed by atoms with Crippen LogP contribution >= 0.6 is 0 Å². The highest BCUT2D eigenvalue weighted by molar-refractivity contribution is 5.86. The van der Waals surface area contributed by atoms with Crippen LogP contribution in [0.2, 0.25) is 0 Å². The van der Waals surface area contributed by atoms with Crippen molar-refractivity contribution >= 4 is 5.91 Å². The lowest BCUT2D eigenvalue weighted by atomic mass is 9.89. The fourth-order valence-electron chi connectivity index (χ4n) is 3.86. The number of piperazine rings is 1. The SMILES string of the molecule is COc1cc(CN2CCN(C(=O)C3(N)CCOCC3)CC2)cc(OC)c1OC. The Labute approximate surface area is 166 Å². The Morgan fingerprint density at radius 3 is 2.11 bits per heavy atom. The predicted molar refractivity (Wildman–Crippen MR) is 105 cm³/mol. The molecule has 1 aromatic rings. The van der Waals surface area contributed by atoms with Crippen LogP contribution in [0.5, 0.6) is 17.2 Å². The van der Waals surface area contributed by atoms with Gasteiger partial charge in [0, 0.05) is 45.9 Å². The third kappa shape index (κ3) is 4.34. The van der Waals surface area contributed by atoms with Gasteiger partial charge in [-0.2, -0.15) is 0 Å². The molecule has 8 nitrogen and oxygen atoms in total. The second-order valence-corrected chi connectivity index (χ2v) is 7.37. The van der Waals surface area contributed by atoms with E-state index >= 15 is 0 Å². The van der Waals surface area contributed by atoms with Gasteiger partial charge in [0.25, 0.3) is 0 Å². The average molecular weight is 393 g/mol. The summed E-state index contributed by atoms with van der Waals surface area (Å²) in [7, 11) is 4.83. The van der Waals surface area contributed by atoms with Crippen LogP contribution in [0.4, 0.5) is 0 Å². The zero-order valence-electron chi connectivity index (χ0n) is 17.0. The summed E-state index contributed by atoms with van der Waals surface area (Å²) >= 11 is 0. The number of hydrogen-bond acceptors (Lipinski definition) is 7.